The SMILES string of the molecule is CC(C)CC1CCN(Cc2ccccc2)CC1.CC(I)I. The summed E-state index contributed by atoms with van der Waals surface area (Å²) in [4.78, 5) is 2.60. The average Bonchev–Trinajstić information content (AvgIpc) is 2.41. The fourth-order valence-corrected chi connectivity index (χ4v) is 2.89. The van der Waals surface area contributed by atoms with E-state index < -0.39 is 0 Å². The van der Waals surface area contributed by atoms with Crippen LogP contribution in [0.1, 0.15) is 45.6 Å². The number of benzene rings is 1. The maximum Gasteiger partial charge on any atom is 0.0598 e. The molecular weight excluding hydrogens is 484 g/mol. The van der Waals surface area contributed by atoms with Gasteiger partial charge in [-0.2, -0.15) is 0 Å². The number of hydrogen-bond acceptors (Lipinski definition) is 1. The van der Waals surface area contributed by atoms with E-state index in [4.69, 9.17) is 0 Å². The lowest BCUT2D eigenvalue weighted by atomic mass is 9.88. The number of alkyl halides is 2. The smallest absolute Gasteiger partial charge is 0.0598 e. The van der Waals surface area contributed by atoms with Gasteiger partial charge < -0.3 is 0 Å². The first kappa shape index (κ1) is 19.7. The van der Waals surface area contributed by atoms with E-state index in [9.17, 15) is 0 Å². The van der Waals surface area contributed by atoms with Crippen LogP contribution in [0.15, 0.2) is 30.3 Å². The van der Waals surface area contributed by atoms with E-state index in [0.29, 0.717) is 0 Å². The molecule has 1 aliphatic heterocycles. The van der Waals surface area contributed by atoms with Crippen LogP contribution in [0.3, 0.4) is 0 Å². The summed E-state index contributed by atoms with van der Waals surface area (Å²) in [6.07, 6.45) is 4.20. The summed E-state index contributed by atoms with van der Waals surface area (Å²) in [6, 6.07) is 10.8. The monoisotopic (exact) mass is 513 g/mol. The highest BCUT2D eigenvalue weighted by atomic mass is 127. The third-order valence-electron chi connectivity index (χ3n) is 3.76. The van der Waals surface area contributed by atoms with Crippen LogP contribution in [-0.2, 0) is 6.54 Å². The average molecular weight is 513 g/mol. The lowest BCUT2D eigenvalue weighted by molar-refractivity contribution is 0.164. The molecule has 3 heteroatoms. The van der Waals surface area contributed by atoms with Crippen LogP contribution < -0.4 is 0 Å². The Balaban J connectivity index is 0.000000491. The first-order chi connectivity index (χ1) is 9.97. The molecule has 0 unspecified atom stereocenters. The molecule has 1 nitrogen and oxygen atoms in total. The minimum atomic E-state index is 0.773. The molecule has 1 heterocycles. The lowest BCUT2D eigenvalue weighted by Gasteiger charge is -2.32. The molecule has 21 heavy (non-hydrogen) atoms. The number of likely N-dealkylation sites (tertiary alicyclic amines) is 1. The van der Waals surface area contributed by atoms with Gasteiger partial charge in [-0.25, -0.2) is 0 Å². The number of nitrogens with zero attached hydrogens (tertiary/aromatic N) is 1. The van der Waals surface area contributed by atoms with Gasteiger partial charge in [-0.1, -0.05) is 89.4 Å². The first-order valence-corrected chi connectivity index (χ1v) is 10.5. The van der Waals surface area contributed by atoms with Gasteiger partial charge in [-0.15, -0.1) is 0 Å². The van der Waals surface area contributed by atoms with Crippen LogP contribution in [0.2, 0.25) is 0 Å². The number of rotatable bonds is 4. The molecule has 1 saturated heterocycles. The molecule has 0 amide bonds. The van der Waals surface area contributed by atoms with E-state index in [1.807, 2.05) is 0 Å². The highest BCUT2D eigenvalue weighted by molar-refractivity contribution is 14.2. The molecule has 0 aliphatic carbocycles. The Labute approximate surface area is 158 Å². The Kier molecular flexibility index (Phi) is 10.5. The molecule has 1 aromatic carbocycles. The van der Waals surface area contributed by atoms with Crippen molar-refractivity contribution in [2.75, 3.05) is 13.1 Å². The minimum Gasteiger partial charge on any atom is -0.299 e. The van der Waals surface area contributed by atoms with Gasteiger partial charge in [-0.3, -0.25) is 4.90 Å². The number of hydrogen-bond donors (Lipinski definition) is 0. The van der Waals surface area contributed by atoms with Crippen molar-refractivity contribution >= 4 is 45.2 Å². The maximum atomic E-state index is 2.60. The van der Waals surface area contributed by atoms with E-state index >= 15 is 0 Å². The third kappa shape index (κ3) is 10.1. The van der Waals surface area contributed by atoms with Crippen molar-refractivity contribution in [3.63, 3.8) is 0 Å². The maximum absolute atomic E-state index is 2.60. The summed E-state index contributed by atoms with van der Waals surface area (Å²) in [6.45, 7) is 10.5. The van der Waals surface area contributed by atoms with Gasteiger partial charge in [0.05, 0.1) is 1.93 Å². The highest BCUT2D eigenvalue weighted by Crippen LogP contribution is 2.24. The highest BCUT2D eigenvalue weighted by Gasteiger charge is 2.19. The molecule has 1 aliphatic rings. The molecule has 120 valence electrons. The van der Waals surface area contributed by atoms with Crippen molar-refractivity contribution in [1.29, 1.82) is 0 Å². The van der Waals surface area contributed by atoms with Gasteiger partial charge in [0.25, 0.3) is 0 Å². The molecule has 1 aromatic rings. The fourth-order valence-electron chi connectivity index (χ4n) is 2.89. The Morgan fingerprint density at radius 3 is 2.05 bits per heavy atom. The zero-order valence-electron chi connectivity index (χ0n) is 13.6. The van der Waals surface area contributed by atoms with Crippen molar-refractivity contribution in [3.8, 4) is 0 Å². The Morgan fingerprint density at radius 2 is 1.57 bits per heavy atom. The quantitative estimate of drug-likeness (QED) is 0.345. The molecule has 0 spiro atoms. The van der Waals surface area contributed by atoms with Crippen LogP contribution in [0.5, 0.6) is 0 Å². The molecule has 1 fully saturated rings. The van der Waals surface area contributed by atoms with E-state index in [1.54, 1.807) is 0 Å². The van der Waals surface area contributed by atoms with Crippen LogP contribution >= 0.6 is 45.2 Å². The standard InChI is InChI=1S/C16H25N.C2H4I2/c1-14(2)12-15-8-10-17(11-9-15)13-16-6-4-3-5-7-16;1-2(3)4/h3-7,14-15H,8-13H2,1-2H3;2H,1H3. The van der Waals surface area contributed by atoms with Crippen molar-refractivity contribution in [3.05, 3.63) is 35.9 Å². The van der Waals surface area contributed by atoms with Gasteiger partial charge in [0, 0.05) is 6.54 Å². The van der Waals surface area contributed by atoms with Crippen molar-refractivity contribution in [2.45, 2.75) is 48.5 Å². The molecule has 0 atom stereocenters. The summed E-state index contributed by atoms with van der Waals surface area (Å²) < 4.78 is 0.773. The summed E-state index contributed by atoms with van der Waals surface area (Å²) in [5.74, 6) is 1.84. The molecule has 0 aromatic heterocycles. The predicted octanol–water partition coefficient (Wildman–Crippen LogP) is 6.15. The summed E-state index contributed by atoms with van der Waals surface area (Å²) >= 11 is 4.66. The summed E-state index contributed by atoms with van der Waals surface area (Å²) in [7, 11) is 0. The second kappa shape index (κ2) is 11.2. The van der Waals surface area contributed by atoms with Crippen LogP contribution in [-0.4, -0.2) is 19.9 Å². The molecule has 2 rings (SSSR count). The third-order valence-corrected chi connectivity index (χ3v) is 3.76. The van der Waals surface area contributed by atoms with E-state index in [-0.39, 0.29) is 0 Å². The Bertz CT molecular complexity index is 354. The lowest BCUT2D eigenvalue weighted by Crippen LogP contribution is -2.33. The molecule has 0 bridgehead atoms. The summed E-state index contributed by atoms with van der Waals surface area (Å²) in [5.41, 5.74) is 1.45. The van der Waals surface area contributed by atoms with Gasteiger partial charge in [0.2, 0.25) is 0 Å². The van der Waals surface area contributed by atoms with Crippen molar-refractivity contribution in [1.82, 2.24) is 4.90 Å². The van der Waals surface area contributed by atoms with Gasteiger partial charge >= 0.3 is 0 Å². The van der Waals surface area contributed by atoms with E-state index in [0.717, 1.165) is 20.3 Å². The minimum absolute atomic E-state index is 0.773. The zero-order valence-corrected chi connectivity index (χ0v) is 17.9. The second-order valence-electron chi connectivity index (χ2n) is 6.35. The molecule has 0 saturated carbocycles. The van der Waals surface area contributed by atoms with Crippen LogP contribution in [0.25, 0.3) is 0 Å². The largest absolute Gasteiger partial charge is 0.299 e. The molecular formula is C18H29I2N. The van der Waals surface area contributed by atoms with Gasteiger partial charge in [0.1, 0.15) is 0 Å². The number of piperidine rings is 1. The Hall–Kier alpha value is 0.640. The van der Waals surface area contributed by atoms with Crippen LogP contribution in [0, 0.1) is 11.8 Å². The Morgan fingerprint density at radius 1 is 1.05 bits per heavy atom. The van der Waals surface area contributed by atoms with E-state index in [1.165, 1.54) is 37.9 Å². The molecule has 0 N–H and O–H groups in total. The first-order valence-electron chi connectivity index (χ1n) is 8.01. The van der Waals surface area contributed by atoms with Crippen molar-refractivity contribution in [2.24, 2.45) is 11.8 Å². The second-order valence-corrected chi connectivity index (χ2v) is 12.5. The van der Waals surface area contributed by atoms with Crippen molar-refractivity contribution < 1.29 is 0 Å². The fraction of sp³-hybridized carbons (Fsp3) is 0.667. The summed E-state index contributed by atoms with van der Waals surface area (Å²) in [5, 5.41) is 0. The van der Waals surface area contributed by atoms with Crippen LogP contribution in [0.4, 0.5) is 0 Å². The zero-order chi connectivity index (χ0) is 15.7. The topological polar surface area (TPSA) is 3.24 Å². The molecule has 0 radical (unpaired) electrons. The normalized spacial score (nSPS) is 16.9. The van der Waals surface area contributed by atoms with Gasteiger partial charge in [-0.05, 0) is 56.7 Å². The van der Waals surface area contributed by atoms with E-state index in [2.05, 4.69) is 101 Å². The van der Waals surface area contributed by atoms with Gasteiger partial charge in [0.15, 0.2) is 0 Å². The number of halogens is 2. The predicted molar refractivity (Wildman–Crippen MR) is 111 cm³/mol.